The lowest BCUT2D eigenvalue weighted by Gasteiger charge is -2.24. The number of carbonyl (C=O) groups is 1. The molecule has 0 unspecified atom stereocenters. The number of nitrogens with one attached hydrogen (secondary N) is 1. The van der Waals surface area contributed by atoms with Crippen LogP contribution >= 0.6 is 0 Å². The fourth-order valence-corrected chi connectivity index (χ4v) is 4.08. The van der Waals surface area contributed by atoms with Crippen molar-refractivity contribution in [2.24, 2.45) is 11.3 Å². The molecule has 3 atom stereocenters. The Kier molecular flexibility index (Phi) is 4.18. The van der Waals surface area contributed by atoms with Crippen molar-refractivity contribution in [2.45, 2.75) is 37.8 Å². The van der Waals surface area contributed by atoms with Crippen LogP contribution in [0.2, 0.25) is 0 Å². The maximum Gasteiger partial charge on any atom is 0.224 e. The van der Waals surface area contributed by atoms with Gasteiger partial charge in [-0.1, -0.05) is 0 Å². The van der Waals surface area contributed by atoms with E-state index in [1.807, 2.05) is 12.1 Å². The highest BCUT2D eigenvalue weighted by Gasteiger charge is 2.58. The molecule has 3 fully saturated rings. The minimum absolute atomic E-state index is 0.0187. The number of pyridine rings is 1. The van der Waals surface area contributed by atoms with Crippen LogP contribution in [-0.2, 0) is 14.3 Å². The van der Waals surface area contributed by atoms with Crippen LogP contribution in [0, 0.1) is 11.3 Å². The van der Waals surface area contributed by atoms with E-state index in [2.05, 4.69) is 10.3 Å². The molecule has 1 spiro atoms. The van der Waals surface area contributed by atoms with Gasteiger partial charge in [0.15, 0.2) is 0 Å². The van der Waals surface area contributed by atoms with Crippen molar-refractivity contribution in [1.82, 2.24) is 10.3 Å². The average Bonchev–Trinajstić information content (AvgIpc) is 3.11. The van der Waals surface area contributed by atoms with Crippen LogP contribution in [0.4, 0.5) is 0 Å². The van der Waals surface area contributed by atoms with Crippen LogP contribution in [0.25, 0.3) is 0 Å². The third kappa shape index (κ3) is 2.89. The summed E-state index contributed by atoms with van der Waals surface area (Å²) >= 11 is 0. The number of rotatable bonds is 4. The molecule has 2 aliphatic heterocycles. The summed E-state index contributed by atoms with van der Waals surface area (Å²) in [4.78, 5) is 16.9. The first-order valence-corrected chi connectivity index (χ1v) is 8.71. The SMILES string of the molecule is COc1ccc([C@H]2OCC[C@@H]2NC(=O)[C@@H]2CC23CCOCC3)cn1. The lowest BCUT2D eigenvalue weighted by atomic mass is 9.93. The van der Waals surface area contributed by atoms with Crippen molar-refractivity contribution in [3.8, 4) is 5.88 Å². The van der Waals surface area contributed by atoms with Crippen LogP contribution in [0.5, 0.6) is 5.88 Å². The topological polar surface area (TPSA) is 69.7 Å². The van der Waals surface area contributed by atoms with Gasteiger partial charge in [0.25, 0.3) is 0 Å². The molecule has 2 saturated heterocycles. The zero-order valence-electron chi connectivity index (χ0n) is 14.0. The van der Waals surface area contributed by atoms with Crippen molar-refractivity contribution >= 4 is 5.91 Å². The van der Waals surface area contributed by atoms with E-state index < -0.39 is 0 Å². The van der Waals surface area contributed by atoms with E-state index in [1.165, 1.54) is 0 Å². The van der Waals surface area contributed by atoms with Gasteiger partial charge in [0.05, 0.1) is 13.2 Å². The molecule has 3 aliphatic rings. The van der Waals surface area contributed by atoms with Crippen LogP contribution in [-0.4, -0.2) is 43.9 Å². The number of hydrogen-bond acceptors (Lipinski definition) is 5. The molecule has 6 heteroatoms. The second-order valence-electron chi connectivity index (χ2n) is 7.06. The first-order valence-electron chi connectivity index (χ1n) is 8.71. The number of aromatic nitrogens is 1. The lowest BCUT2D eigenvalue weighted by Crippen LogP contribution is -2.39. The van der Waals surface area contributed by atoms with Crippen molar-refractivity contribution in [1.29, 1.82) is 0 Å². The average molecular weight is 332 g/mol. The van der Waals surface area contributed by atoms with E-state index >= 15 is 0 Å². The van der Waals surface area contributed by atoms with Crippen molar-refractivity contribution in [3.05, 3.63) is 23.9 Å². The summed E-state index contributed by atoms with van der Waals surface area (Å²) in [5, 5.41) is 3.23. The van der Waals surface area contributed by atoms with Crippen LogP contribution < -0.4 is 10.1 Å². The first kappa shape index (κ1) is 15.8. The Morgan fingerprint density at radius 1 is 1.33 bits per heavy atom. The molecule has 1 aromatic rings. The molecule has 6 nitrogen and oxygen atoms in total. The van der Waals surface area contributed by atoms with E-state index in [0.29, 0.717) is 12.5 Å². The van der Waals surface area contributed by atoms with Crippen molar-refractivity contribution < 1.29 is 19.0 Å². The van der Waals surface area contributed by atoms with E-state index in [0.717, 1.165) is 44.5 Å². The molecule has 1 aromatic heterocycles. The Bertz CT molecular complexity index is 598. The fraction of sp³-hybridized carbons (Fsp3) is 0.667. The van der Waals surface area contributed by atoms with Crippen LogP contribution in [0.15, 0.2) is 18.3 Å². The predicted molar refractivity (Wildman–Crippen MR) is 86.6 cm³/mol. The van der Waals surface area contributed by atoms with Gasteiger partial charge >= 0.3 is 0 Å². The zero-order chi connectivity index (χ0) is 16.6. The normalized spacial score (nSPS) is 31.0. The summed E-state index contributed by atoms with van der Waals surface area (Å²) in [6, 6.07) is 3.80. The summed E-state index contributed by atoms with van der Waals surface area (Å²) in [6.45, 7) is 2.23. The molecule has 3 heterocycles. The Hall–Kier alpha value is -1.66. The monoisotopic (exact) mass is 332 g/mol. The van der Waals surface area contributed by atoms with Gasteiger partial charge in [-0.2, -0.15) is 0 Å². The fourth-order valence-electron chi connectivity index (χ4n) is 4.08. The highest BCUT2D eigenvalue weighted by Crippen LogP contribution is 2.59. The molecule has 0 radical (unpaired) electrons. The molecule has 0 aromatic carbocycles. The Balaban J connectivity index is 1.39. The van der Waals surface area contributed by atoms with Crippen molar-refractivity contribution in [2.75, 3.05) is 26.9 Å². The number of nitrogens with zero attached hydrogens (tertiary/aromatic N) is 1. The third-order valence-electron chi connectivity index (χ3n) is 5.71. The van der Waals surface area contributed by atoms with Gasteiger partial charge in [-0.05, 0) is 37.2 Å². The second kappa shape index (κ2) is 6.33. The number of amides is 1. The van der Waals surface area contributed by atoms with E-state index in [-0.39, 0.29) is 29.4 Å². The van der Waals surface area contributed by atoms with Gasteiger partial charge in [-0.3, -0.25) is 4.79 Å². The van der Waals surface area contributed by atoms with Crippen molar-refractivity contribution in [3.63, 3.8) is 0 Å². The van der Waals surface area contributed by atoms with Gasteiger partial charge in [-0.15, -0.1) is 0 Å². The molecule has 0 bridgehead atoms. The minimum atomic E-state index is -0.128. The molecule has 1 saturated carbocycles. The summed E-state index contributed by atoms with van der Waals surface area (Å²) in [7, 11) is 1.60. The summed E-state index contributed by atoms with van der Waals surface area (Å²) in [6.07, 6.45) is 5.51. The highest BCUT2D eigenvalue weighted by molar-refractivity contribution is 5.83. The minimum Gasteiger partial charge on any atom is -0.481 e. The van der Waals surface area contributed by atoms with E-state index in [1.54, 1.807) is 13.3 Å². The molecule has 24 heavy (non-hydrogen) atoms. The third-order valence-corrected chi connectivity index (χ3v) is 5.71. The number of ether oxygens (including phenoxy) is 3. The van der Waals surface area contributed by atoms with Gasteiger partial charge < -0.3 is 19.5 Å². The molecule has 1 aliphatic carbocycles. The molecule has 130 valence electrons. The maximum atomic E-state index is 12.7. The van der Waals surface area contributed by atoms with Gasteiger partial charge in [-0.25, -0.2) is 4.98 Å². The van der Waals surface area contributed by atoms with E-state index in [4.69, 9.17) is 14.2 Å². The van der Waals surface area contributed by atoms with Gasteiger partial charge in [0.1, 0.15) is 6.10 Å². The van der Waals surface area contributed by atoms with Gasteiger partial charge in [0, 0.05) is 43.6 Å². The highest BCUT2D eigenvalue weighted by atomic mass is 16.5. The Morgan fingerprint density at radius 2 is 2.17 bits per heavy atom. The summed E-state index contributed by atoms with van der Waals surface area (Å²) in [5.41, 5.74) is 1.19. The lowest BCUT2D eigenvalue weighted by molar-refractivity contribution is -0.124. The number of hydrogen-bond donors (Lipinski definition) is 1. The smallest absolute Gasteiger partial charge is 0.224 e. The molecule has 4 rings (SSSR count). The summed E-state index contributed by atoms with van der Waals surface area (Å²) < 4.78 is 16.4. The van der Waals surface area contributed by atoms with E-state index in [9.17, 15) is 4.79 Å². The second-order valence-corrected chi connectivity index (χ2v) is 7.06. The van der Waals surface area contributed by atoms with Gasteiger partial charge in [0.2, 0.25) is 11.8 Å². The molecular formula is C18H24N2O4. The number of methoxy groups -OCH3 is 1. The standard InChI is InChI=1S/C18H24N2O4/c1-22-15-3-2-12(11-19-15)16-14(4-7-24-16)20-17(21)13-10-18(13)5-8-23-9-6-18/h2-3,11,13-14,16H,4-10H2,1H3,(H,20,21)/t13-,14-,16+/m0/s1. The quantitative estimate of drug-likeness (QED) is 0.911. The van der Waals surface area contributed by atoms with Crippen LogP contribution in [0.3, 0.4) is 0 Å². The summed E-state index contributed by atoms with van der Waals surface area (Å²) in [5.74, 6) is 0.910. The largest absolute Gasteiger partial charge is 0.481 e. The Labute approximate surface area is 141 Å². The first-order chi connectivity index (χ1) is 11.7. The zero-order valence-corrected chi connectivity index (χ0v) is 14.0. The molecular weight excluding hydrogens is 308 g/mol. The molecule has 1 N–H and O–H groups in total. The number of carbonyl (C=O) groups excluding carboxylic acids is 1. The Morgan fingerprint density at radius 3 is 2.88 bits per heavy atom. The molecule has 1 amide bonds. The predicted octanol–water partition coefficient (Wildman–Crippen LogP) is 1.85. The van der Waals surface area contributed by atoms with Crippen LogP contribution in [0.1, 0.15) is 37.4 Å². The maximum absolute atomic E-state index is 12.7.